The number of amidine groups is 1. The first-order valence-electron chi connectivity index (χ1n) is 7.84. The number of thioether (sulfide) groups is 1. The normalized spacial score (nSPS) is 18.9. The summed E-state index contributed by atoms with van der Waals surface area (Å²) in [4.78, 5) is 4.61. The van der Waals surface area contributed by atoms with E-state index in [9.17, 15) is 0 Å². The van der Waals surface area contributed by atoms with Gasteiger partial charge in [-0.2, -0.15) is 0 Å². The largest absolute Gasteiger partial charge is 0.381 e. The van der Waals surface area contributed by atoms with Gasteiger partial charge in [-0.1, -0.05) is 51.8 Å². The molecule has 0 saturated carbocycles. The van der Waals surface area contributed by atoms with Crippen LogP contribution in [0.15, 0.2) is 4.99 Å². The molecule has 112 valence electrons. The maximum Gasteiger partial charge on any atom is 0.156 e. The average molecular weight is 286 g/mol. The van der Waals surface area contributed by atoms with Crippen molar-refractivity contribution in [1.82, 2.24) is 5.32 Å². The van der Waals surface area contributed by atoms with E-state index < -0.39 is 0 Å². The van der Waals surface area contributed by atoms with Gasteiger partial charge in [-0.25, -0.2) is 0 Å². The molecule has 1 aliphatic heterocycles. The Bertz CT molecular complexity index is 255. The van der Waals surface area contributed by atoms with Crippen LogP contribution in [0.4, 0.5) is 0 Å². The second-order valence-corrected chi connectivity index (χ2v) is 6.35. The van der Waals surface area contributed by atoms with Crippen molar-refractivity contribution in [3.8, 4) is 0 Å². The highest BCUT2D eigenvalue weighted by Crippen LogP contribution is 2.30. The van der Waals surface area contributed by atoms with Crippen LogP contribution in [0.1, 0.15) is 52.9 Å². The zero-order valence-electron chi connectivity index (χ0n) is 12.8. The predicted octanol–water partition coefficient (Wildman–Crippen LogP) is 3.69. The molecule has 1 aliphatic rings. The second kappa shape index (κ2) is 10.6. The maximum absolute atomic E-state index is 5.55. The van der Waals surface area contributed by atoms with Gasteiger partial charge in [0.1, 0.15) is 0 Å². The summed E-state index contributed by atoms with van der Waals surface area (Å²) in [5.41, 5.74) is 0. The Morgan fingerprint density at radius 3 is 2.68 bits per heavy atom. The van der Waals surface area contributed by atoms with Crippen LogP contribution in [0.2, 0.25) is 0 Å². The summed E-state index contributed by atoms with van der Waals surface area (Å²) < 4.78 is 5.55. The van der Waals surface area contributed by atoms with E-state index in [-0.39, 0.29) is 0 Å². The molecule has 4 heteroatoms. The van der Waals surface area contributed by atoms with Crippen LogP contribution in [-0.4, -0.2) is 36.7 Å². The van der Waals surface area contributed by atoms with Gasteiger partial charge in [0.05, 0.1) is 6.54 Å². The molecule has 0 aromatic rings. The van der Waals surface area contributed by atoms with Crippen molar-refractivity contribution < 1.29 is 4.74 Å². The van der Waals surface area contributed by atoms with Crippen LogP contribution in [0.5, 0.6) is 0 Å². The van der Waals surface area contributed by atoms with Crippen LogP contribution in [0, 0.1) is 5.92 Å². The molecule has 19 heavy (non-hydrogen) atoms. The van der Waals surface area contributed by atoms with E-state index in [2.05, 4.69) is 31.1 Å². The van der Waals surface area contributed by atoms with Crippen LogP contribution in [-0.2, 0) is 4.74 Å². The van der Waals surface area contributed by atoms with Crippen molar-refractivity contribution >= 4 is 16.9 Å². The minimum atomic E-state index is 0.693. The second-order valence-electron chi connectivity index (χ2n) is 5.12. The van der Waals surface area contributed by atoms with Crippen LogP contribution in [0.25, 0.3) is 0 Å². The lowest BCUT2D eigenvalue weighted by Gasteiger charge is -2.18. The first kappa shape index (κ1) is 16.8. The highest BCUT2D eigenvalue weighted by molar-refractivity contribution is 8.14. The van der Waals surface area contributed by atoms with E-state index in [1.807, 2.05) is 11.8 Å². The number of rotatable bonds is 10. The number of nitrogens with one attached hydrogen (secondary N) is 1. The molecule has 1 rings (SSSR count). The highest BCUT2D eigenvalue weighted by Gasteiger charge is 2.25. The number of aliphatic imine (C=N–C) groups is 1. The van der Waals surface area contributed by atoms with Gasteiger partial charge in [0.2, 0.25) is 0 Å². The van der Waals surface area contributed by atoms with Gasteiger partial charge in [0.25, 0.3) is 0 Å². The molecule has 0 radical (unpaired) electrons. The molecule has 1 N–H and O–H groups in total. The molecule has 0 spiro atoms. The topological polar surface area (TPSA) is 33.6 Å². The van der Waals surface area contributed by atoms with E-state index in [0.29, 0.717) is 5.25 Å². The third kappa shape index (κ3) is 6.66. The van der Waals surface area contributed by atoms with Gasteiger partial charge in [-0.3, -0.25) is 4.99 Å². The Morgan fingerprint density at radius 1 is 1.26 bits per heavy atom. The fourth-order valence-electron chi connectivity index (χ4n) is 2.27. The van der Waals surface area contributed by atoms with Gasteiger partial charge >= 0.3 is 0 Å². The molecule has 0 fully saturated rings. The molecule has 0 aromatic heterocycles. The maximum atomic E-state index is 5.55. The molecule has 1 heterocycles. The quantitative estimate of drug-likeness (QED) is 0.622. The van der Waals surface area contributed by atoms with Crippen molar-refractivity contribution in [3.63, 3.8) is 0 Å². The minimum absolute atomic E-state index is 0.693. The summed E-state index contributed by atoms with van der Waals surface area (Å²) in [6.07, 6.45) is 5.99. The Morgan fingerprint density at radius 2 is 2.00 bits per heavy atom. The van der Waals surface area contributed by atoms with Crippen molar-refractivity contribution in [2.75, 3.05) is 26.3 Å². The molecule has 0 aliphatic carbocycles. The molecule has 0 aromatic carbocycles. The molecule has 1 atom stereocenters. The van der Waals surface area contributed by atoms with E-state index in [1.54, 1.807) is 0 Å². The molecular weight excluding hydrogens is 256 g/mol. The summed E-state index contributed by atoms with van der Waals surface area (Å²) >= 11 is 1.94. The van der Waals surface area contributed by atoms with Gasteiger partial charge in [-0.05, 0) is 18.8 Å². The molecular formula is C15H30N2OS. The molecule has 1 unspecified atom stereocenters. The van der Waals surface area contributed by atoms with Crippen molar-refractivity contribution in [1.29, 1.82) is 0 Å². The van der Waals surface area contributed by atoms with Crippen molar-refractivity contribution in [2.45, 2.75) is 58.1 Å². The zero-order chi connectivity index (χ0) is 13.9. The number of ether oxygens (including phenoxy) is 1. The Labute approximate surface area is 123 Å². The van der Waals surface area contributed by atoms with Gasteiger partial charge < -0.3 is 10.1 Å². The standard InChI is InChI=1S/C15H30N2OS/c1-4-7-10-18-11-8-9-16-15-17-12-14(19-15)13(5-2)6-3/h13-14H,4-12H2,1-3H3,(H,16,17). The lowest BCUT2D eigenvalue weighted by atomic mass is 9.99. The molecule has 0 saturated heterocycles. The Kier molecular flexibility index (Phi) is 9.35. The summed E-state index contributed by atoms with van der Waals surface area (Å²) in [6.45, 7) is 10.5. The zero-order valence-corrected chi connectivity index (χ0v) is 13.6. The van der Waals surface area contributed by atoms with Crippen LogP contribution >= 0.6 is 11.8 Å². The first-order valence-corrected chi connectivity index (χ1v) is 8.72. The van der Waals surface area contributed by atoms with Gasteiger partial charge in [-0.15, -0.1) is 0 Å². The average Bonchev–Trinajstić information content (AvgIpc) is 2.88. The summed E-state index contributed by atoms with van der Waals surface area (Å²) in [5.74, 6) is 0.811. The van der Waals surface area contributed by atoms with Crippen LogP contribution < -0.4 is 5.32 Å². The molecule has 3 nitrogen and oxygen atoms in total. The monoisotopic (exact) mass is 286 g/mol. The number of hydrogen-bond acceptors (Lipinski definition) is 4. The van der Waals surface area contributed by atoms with E-state index in [4.69, 9.17) is 4.74 Å². The van der Waals surface area contributed by atoms with Crippen LogP contribution in [0.3, 0.4) is 0 Å². The number of hydrogen-bond donors (Lipinski definition) is 1. The van der Waals surface area contributed by atoms with Crippen molar-refractivity contribution in [2.24, 2.45) is 10.9 Å². The molecule has 0 amide bonds. The van der Waals surface area contributed by atoms with Crippen molar-refractivity contribution in [3.05, 3.63) is 0 Å². The van der Waals surface area contributed by atoms with E-state index in [0.717, 1.165) is 43.8 Å². The highest BCUT2D eigenvalue weighted by atomic mass is 32.2. The Hall–Kier alpha value is -0.220. The third-order valence-electron chi connectivity index (χ3n) is 3.64. The summed E-state index contributed by atoms with van der Waals surface area (Å²) in [6, 6.07) is 0. The minimum Gasteiger partial charge on any atom is -0.381 e. The number of nitrogens with zero attached hydrogens (tertiary/aromatic N) is 1. The van der Waals surface area contributed by atoms with E-state index in [1.165, 1.54) is 25.7 Å². The lowest BCUT2D eigenvalue weighted by molar-refractivity contribution is 0.129. The predicted molar refractivity (Wildman–Crippen MR) is 86.1 cm³/mol. The fraction of sp³-hybridized carbons (Fsp3) is 0.933. The lowest BCUT2D eigenvalue weighted by Crippen LogP contribution is -2.23. The third-order valence-corrected chi connectivity index (χ3v) is 4.97. The SMILES string of the molecule is CCCCOCCCNC1=NCC(C(CC)CC)S1. The smallest absolute Gasteiger partial charge is 0.156 e. The Balaban J connectivity index is 2.02. The van der Waals surface area contributed by atoms with E-state index >= 15 is 0 Å². The summed E-state index contributed by atoms with van der Waals surface area (Å²) in [5, 5.41) is 5.28. The van der Waals surface area contributed by atoms with Gasteiger partial charge in [0, 0.05) is 25.0 Å². The molecule has 0 bridgehead atoms. The van der Waals surface area contributed by atoms with Gasteiger partial charge in [0.15, 0.2) is 5.17 Å². The first-order chi connectivity index (χ1) is 9.31. The summed E-state index contributed by atoms with van der Waals surface area (Å²) in [7, 11) is 0. The fourth-order valence-corrected chi connectivity index (χ4v) is 3.61. The number of unbranched alkanes of at least 4 members (excludes halogenated alkanes) is 1.